The summed E-state index contributed by atoms with van der Waals surface area (Å²) in [5.74, 6) is 3.47. The zero-order chi connectivity index (χ0) is 14.8. The van der Waals surface area contributed by atoms with Gasteiger partial charge in [-0.05, 0) is 31.6 Å². The molecule has 1 saturated carbocycles. The molecule has 0 saturated heterocycles. The standard InChI is InChI=1S/C16H28N4/c1-6-9-17-13-10-14(18-11(2)16(3,4)5)20-15(19-13)12-7-8-12/h10-12H,6-9H2,1-5H3,(H2,17,18,19,20). The Hall–Kier alpha value is -1.32. The molecule has 1 aromatic rings. The molecule has 2 rings (SSSR count). The lowest BCUT2D eigenvalue weighted by atomic mass is 9.88. The molecule has 1 aliphatic rings. The molecule has 20 heavy (non-hydrogen) atoms. The highest BCUT2D eigenvalue weighted by Crippen LogP contribution is 2.39. The fourth-order valence-electron chi connectivity index (χ4n) is 1.85. The van der Waals surface area contributed by atoms with E-state index in [0.29, 0.717) is 12.0 Å². The fraction of sp³-hybridized carbons (Fsp3) is 0.750. The van der Waals surface area contributed by atoms with Crippen LogP contribution in [0.5, 0.6) is 0 Å². The first-order valence-electron chi connectivity index (χ1n) is 7.79. The Kier molecular flexibility index (Phi) is 4.51. The maximum Gasteiger partial charge on any atom is 0.136 e. The van der Waals surface area contributed by atoms with Crippen LogP contribution in [0.1, 0.15) is 65.6 Å². The minimum Gasteiger partial charge on any atom is -0.370 e. The van der Waals surface area contributed by atoms with Crippen molar-refractivity contribution in [3.63, 3.8) is 0 Å². The predicted octanol–water partition coefficient (Wildman–Crippen LogP) is 4.02. The molecule has 1 aromatic heterocycles. The summed E-state index contributed by atoms with van der Waals surface area (Å²) < 4.78 is 0. The first-order valence-corrected chi connectivity index (χ1v) is 7.79. The smallest absolute Gasteiger partial charge is 0.136 e. The zero-order valence-corrected chi connectivity index (χ0v) is 13.5. The molecule has 0 radical (unpaired) electrons. The Bertz CT molecular complexity index is 446. The van der Waals surface area contributed by atoms with Gasteiger partial charge in [0.15, 0.2) is 0 Å². The molecular weight excluding hydrogens is 248 g/mol. The van der Waals surface area contributed by atoms with Gasteiger partial charge in [-0.25, -0.2) is 9.97 Å². The summed E-state index contributed by atoms with van der Waals surface area (Å²) in [4.78, 5) is 9.33. The van der Waals surface area contributed by atoms with Crippen LogP contribution in [0, 0.1) is 5.41 Å². The van der Waals surface area contributed by atoms with Crippen LogP contribution in [0.4, 0.5) is 11.6 Å². The first-order chi connectivity index (χ1) is 9.40. The van der Waals surface area contributed by atoms with Crippen molar-refractivity contribution in [3.05, 3.63) is 11.9 Å². The summed E-state index contributed by atoms with van der Waals surface area (Å²) in [5, 5.41) is 6.91. The minimum atomic E-state index is 0.210. The maximum absolute atomic E-state index is 4.69. The molecule has 0 bridgehead atoms. The third kappa shape index (κ3) is 4.09. The van der Waals surface area contributed by atoms with E-state index in [9.17, 15) is 0 Å². The lowest BCUT2D eigenvalue weighted by Gasteiger charge is -2.28. The molecule has 1 unspecified atom stereocenters. The van der Waals surface area contributed by atoms with Crippen LogP contribution in [0.3, 0.4) is 0 Å². The molecule has 1 fully saturated rings. The van der Waals surface area contributed by atoms with Crippen molar-refractivity contribution in [1.82, 2.24) is 9.97 Å². The van der Waals surface area contributed by atoms with E-state index >= 15 is 0 Å². The van der Waals surface area contributed by atoms with Crippen LogP contribution >= 0.6 is 0 Å². The number of hydrogen-bond donors (Lipinski definition) is 2. The monoisotopic (exact) mass is 276 g/mol. The molecule has 112 valence electrons. The third-order valence-electron chi connectivity index (χ3n) is 3.91. The van der Waals surface area contributed by atoms with Crippen LogP contribution < -0.4 is 10.6 Å². The maximum atomic E-state index is 4.69. The van der Waals surface area contributed by atoms with Crippen molar-refractivity contribution in [2.45, 2.75) is 65.8 Å². The third-order valence-corrected chi connectivity index (χ3v) is 3.91. The summed E-state index contributed by atoms with van der Waals surface area (Å²) in [7, 11) is 0. The highest BCUT2D eigenvalue weighted by Gasteiger charge is 2.28. The van der Waals surface area contributed by atoms with Crippen molar-refractivity contribution in [3.8, 4) is 0 Å². The molecule has 1 heterocycles. The minimum absolute atomic E-state index is 0.210. The van der Waals surface area contributed by atoms with E-state index in [1.807, 2.05) is 6.07 Å². The number of hydrogen-bond acceptors (Lipinski definition) is 4. The van der Waals surface area contributed by atoms with Crippen molar-refractivity contribution in [2.75, 3.05) is 17.2 Å². The first kappa shape index (κ1) is 15.1. The molecule has 0 amide bonds. The summed E-state index contributed by atoms with van der Waals surface area (Å²) in [6.45, 7) is 12.0. The van der Waals surface area contributed by atoms with E-state index in [1.165, 1.54) is 12.8 Å². The SMILES string of the molecule is CCCNc1cc(NC(C)C(C)(C)C)nc(C2CC2)n1. The van der Waals surface area contributed by atoms with Crippen molar-refractivity contribution < 1.29 is 0 Å². The lowest BCUT2D eigenvalue weighted by molar-refractivity contribution is 0.358. The van der Waals surface area contributed by atoms with E-state index in [0.717, 1.165) is 30.4 Å². The zero-order valence-electron chi connectivity index (χ0n) is 13.5. The molecule has 0 spiro atoms. The Balaban J connectivity index is 2.16. The molecule has 4 heteroatoms. The number of nitrogens with zero attached hydrogens (tertiary/aromatic N) is 2. The largest absolute Gasteiger partial charge is 0.370 e. The van der Waals surface area contributed by atoms with Gasteiger partial charge in [-0.2, -0.15) is 0 Å². The predicted molar refractivity (Wildman–Crippen MR) is 85.3 cm³/mol. The number of anilines is 2. The van der Waals surface area contributed by atoms with Crippen LogP contribution in [0.25, 0.3) is 0 Å². The summed E-state index contributed by atoms with van der Waals surface area (Å²) >= 11 is 0. The van der Waals surface area contributed by atoms with E-state index in [4.69, 9.17) is 4.98 Å². The molecule has 0 aromatic carbocycles. The van der Waals surface area contributed by atoms with Gasteiger partial charge in [-0.3, -0.25) is 0 Å². The van der Waals surface area contributed by atoms with Crippen LogP contribution in [0.2, 0.25) is 0 Å². The van der Waals surface area contributed by atoms with E-state index in [1.54, 1.807) is 0 Å². The van der Waals surface area contributed by atoms with Gasteiger partial charge in [-0.1, -0.05) is 27.7 Å². The second kappa shape index (κ2) is 5.98. The highest BCUT2D eigenvalue weighted by atomic mass is 15.1. The molecule has 1 aliphatic carbocycles. The second-order valence-corrected chi connectivity index (χ2v) is 6.93. The quantitative estimate of drug-likeness (QED) is 0.824. The average Bonchev–Trinajstić information content (AvgIpc) is 3.19. The van der Waals surface area contributed by atoms with Crippen LogP contribution in [0.15, 0.2) is 6.07 Å². The fourth-order valence-corrected chi connectivity index (χ4v) is 1.85. The molecule has 0 aliphatic heterocycles. The van der Waals surface area contributed by atoms with Gasteiger partial charge in [-0.15, -0.1) is 0 Å². The van der Waals surface area contributed by atoms with Crippen molar-refractivity contribution >= 4 is 11.6 Å². The summed E-state index contributed by atoms with van der Waals surface area (Å²) in [6.07, 6.45) is 3.56. The van der Waals surface area contributed by atoms with Crippen molar-refractivity contribution in [1.29, 1.82) is 0 Å². The van der Waals surface area contributed by atoms with Gasteiger partial charge in [0.25, 0.3) is 0 Å². The Morgan fingerprint density at radius 3 is 2.45 bits per heavy atom. The Morgan fingerprint density at radius 1 is 1.25 bits per heavy atom. The Labute approximate surface area is 122 Å². The van der Waals surface area contributed by atoms with Gasteiger partial charge >= 0.3 is 0 Å². The lowest BCUT2D eigenvalue weighted by Crippen LogP contribution is -2.31. The number of nitrogens with one attached hydrogen (secondary N) is 2. The molecule has 2 N–H and O–H groups in total. The number of rotatable bonds is 6. The van der Waals surface area contributed by atoms with E-state index < -0.39 is 0 Å². The van der Waals surface area contributed by atoms with Gasteiger partial charge in [0.2, 0.25) is 0 Å². The summed E-state index contributed by atoms with van der Waals surface area (Å²) in [6, 6.07) is 2.40. The molecule has 1 atom stereocenters. The van der Waals surface area contributed by atoms with Crippen LogP contribution in [-0.2, 0) is 0 Å². The van der Waals surface area contributed by atoms with Gasteiger partial charge in [0, 0.05) is 24.6 Å². The van der Waals surface area contributed by atoms with Gasteiger partial charge < -0.3 is 10.6 Å². The topological polar surface area (TPSA) is 49.8 Å². The second-order valence-electron chi connectivity index (χ2n) is 6.93. The normalized spacial score (nSPS) is 16.9. The Morgan fingerprint density at radius 2 is 1.90 bits per heavy atom. The van der Waals surface area contributed by atoms with E-state index in [2.05, 4.69) is 50.2 Å². The molecular formula is C16H28N4. The molecule has 4 nitrogen and oxygen atoms in total. The average molecular weight is 276 g/mol. The van der Waals surface area contributed by atoms with Crippen LogP contribution in [-0.4, -0.2) is 22.6 Å². The highest BCUT2D eigenvalue weighted by molar-refractivity contribution is 5.48. The van der Waals surface area contributed by atoms with Gasteiger partial charge in [0.05, 0.1) is 0 Å². The summed E-state index contributed by atoms with van der Waals surface area (Å²) in [5.41, 5.74) is 0.210. The van der Waals surface area contributed by atoms with Gasteiger partial charge in [0.1, 0.15) is 17.5 Å². The number of aromatic nitrogens is 2. The van der Waals surface area contributed by atoms with E-state index in [-0.39, 0.29) is 5.41 Å². The van der Waals surface area contributed by atoms with Crippen molar-refractivity contribution in [2.24, 2.45) is 5.41 Å².